The minimum Gasteiger partial charge on any atom is -0.0840 e. The lowest BCUT2D eigenvalue weighted by Crippen LogP contribution is -1.97. The Morgan fingerprint density at radius 1 is 0.882 bits per heavy atom. The molecule has 0 aliphatic heterocycles. The minimum atomic E-state index is 0.901. The molecule has 0 aliphatic rings. The van der Waals surface area contributed by atoms with Crippen molar-refractivity contribution in [2.75, 3.05) is 0 Å². The van der Waals surface area contributed by atoms with Gasteiger partial charge in [0.15, 0.2) is 0 Å². The molecule has 0 amide bonds. The molecule has 0 saturated carbocycles. The van der Waals surface area contributed by atoms with Crippen LogP contribution in [0.4, 0.5) is 0 Å². The zero-order chi connectivity index (χ0) is 12.1. The zero-order valence-electron chi connectivity index (χ0n) is 10.1. The van der Waals surface area contributed by atoms with Crippen LogP contribution in [-0.4, -0.2) is 0 Å². The van der Waals surface area contributed by atoms with E-state index < -0.39 is 0 Å². The van der Waals surface area contributed by atoms with E-state index in [1.165, 1.54) is 16.7 Å². The highest BCUT2D eigenvalue weighted by atomic mass is 35.5. The third kappa shape index (κ3) is 3.10. The van der Waals surface area contributed by atoms with Crippen molar-refractivity contribution in [2.45, 2.75) is 26.2 Å². The summed E-state index contributed by atoms with van der Waals surface area (Å²) in [5.41, 5.74) is 4.06. The Morgan fingerprint density at radius 2 is 1.65 bits per heavy atom. The van der Waals surface area contributed by atoms with Crippen molar-refractivity contribution in [2.24, 2.45) is 0 Å². The maximum absolute atomic E-state index is 6.21. The summed E-state index contributed by atoms with van der Waals surface area (Å²) >= 11 is 6.21. The molecule has 0 unspecified atom stereocenters. The summed E-state index contributed by atoms with van der Waals surface area (Å²) in [7, 11) is 0. The van der Waals surface area contributed by atoms with Gasteiger partial charge >= 0.3 is 0 Å². The highest BCUT2D eigenvalue weighted by Crippen LogP contribution is 2.22. The van der Waals surface area contributed by atoms with Gasteiger partial charge in [-0.25, -0.2) is 0 Å². The lowest BCUT2D eigenvalue weighted by molar-refractivity contribution is 0.931. The normalized spacial score (nSPS) is 10.5. The molecule has 0 heterocycles. The smallest absolute Gasteiger partial charge is 0.0440 e. The highest BCUT2D eigenvalue weighted by molar-refractivity contribution is 6.31. The molecule has 0 saturated heterocycles. The second-order valence-electron chi connectivity index (χ2n) is 4.22. The van der Waals surface area contributed by atoms with Gasteiger partial charge in [-0.15, -0.1) is 0 Å². The molecule has 0 bridgehead atoms. The van der Waals surface area contributed by atoms with E-state index >= 15 is 0 Å². The van der Waals surface area contributed by atoms with Gasteiger partial charge in [0.2, 0.25) is 0 Å². The first-order chi connectivity index (χ1) is 8.31. The van der Waals surface area contributed by atoms with Crippen molar-refractivity contribution in [1.29, 1.82) is 0 Å². The first kappa shape index (κ1) is 12.2. The molecule has 1 heteroatoms. The molecule has 0 N–H and O–H groups in total. The largest absolute Gasteiger partial charge is 0.0840 e. The van der Waals surface area contributed by atoms with Crippen molar-refractivity contribution in [3.05, 3.63) is 70.2 Å². The van der Waals surface area contributed by atoms with E-state index in [-0.39, 0.29) is 0 Å². The predicted octanol–water partition coefficient (Wildman–Crippen LogP) is 4.69. The molecule has 0 spiro atoms. The number of rotatable bonds is 4. The molecule has 2 aromatic rings. The van der Waals surface area contributed by atoms with Crippen LogP contribution < -0.4 is 0 Å². The molecule has 2 aromatic carbocycles. The van der Waals surface area contributed by atoms with E-state index in [0.717, 1.165) is 24.3 Å². The molecule has 0 radical (unpaired) electrons. The van der Waals surface area contributed by atoms with Gasteiger partial charge in [0.25, 0.3) is 0 Å². The molecular formula is C16H17Cl. The molecule has 0 fully saturated rings. The summed E-state index contributed by atoms with van der Waals surface area (Å²) in [5, 5.41) is 0.901. The summed E-state index contributed by atoms with van der Waals surface area (Å²) in [6.45, 7) is 2.16. The zero-order valence-corrected chi connectivity index (χ0v) is 10.9. The maximum Gasteiger partial charge on any atom is 0.0440 e. The van der Waals surface area contributed by atoms with E-state index in [2.05, 4.69) is 43.3 Å². The minimum absolute atomic E-state index is 0.901. The van der Waals surface area contributed by atoms with Gasteiger partial charge in [0, 0.05) is 5.02 Å². The molecule has 0 nitrogen and oxygen atoms in total. The summed E-state index contributed by atoms with van der Waals surface area (Å²) in [6, 6.07) is 16.8. The number of halogens is 1. The standard InChI is InChI=1S/C16H17Cl/c1-2-15-14(9-6-10-16(15)17)12-11-13-7-4-3-5-8-13/h3-10H,2,11-12H2,1H3. The first-order valence-corrected chi connectivity index (χ1v) is 6.49. The monoisotopic (exact) mass is 244 g/mol. The fourth-order valence-corrected chi connectivity index (χ4v) is 2.48. The Hall–Kier alpha value is -1.27. The van der Waals surface area contributed by atoms with E-state index in [0.29, 0.717) is 0 Å². The maximum atomic E-state index is 6.21. The van der Waals surface area contributed by atoms with Crippen LogP contribution in [0.5, 0.6) is 0 Å². The van der Waals surface area contributed by atoms with Gasteiger partial charge < -0.3 is 0 Å². The van der Waals surface area contributed by atoms with Gasteiger partial charge in [-0.05, 0) is 42.0 Å². The number of benzene rings is 2. The van der Waals surface area contributed by atoms with Gasteiger partial charge in [-0.3, -0.25) is 0 Å². The average molecular weight is 245 g/mol. The van der Waals surface area contributed by atoms with Crippen LogP contribution in [0.15, 0.2) is 48.5 Å². The van der Waals surface area contributed by atoms with Crippen LogP contribution in [0.2, 0.25) is 5.02 Å². The Morgan fingerprint density at radius 3 is 2.35 bits per heavy atom. The van der Waals surface area contributed by atoms with E-state index in [1.54, 1.807) is 0 Å². The van der Waals surface area contributed by atoms with Crippen molar-refractivity contribution < 1.29 is 0 Å². The molecular weight excluding hydrogens is 228 g/mol. The number of hydrogen-bond donors (Lipinski definition) is 0. The molecule has 0 aliphatic carbocycles. The third-order valence-corrected chi connectivity index (χ3v) is 3.45. The Labute approximate surface area is 108 Å². The topological polar surface area (TPSA) is 0 Å². The lowest BCUT2D eigenvalue weighted by atomic mass is 9.98. The Kier molecular flexibility index (Phi) is 4.22. The molecule has 0 aromatic heterocycles. The van der Waals surface area contributed by atoms with Gasteiger partial charge in [0.05, 0.1) is 0 Å². The fourth-order valence-electron chi connectivity index (χ4n) is 2.16. The Balaban J connectivity index is 2.12. The quantitative estimate of drug-likeness (QED) is 0.732. The van der Waals surface area contributed by atoms with Crippen LogP contribution in [0.3, 0.4) is 0 Å². The summed E-state index contributed by atoms with van der Waals surface area (Å²) in [6.07, 6.45) is 3.14. The summed E-state index contributed by atoms with van der Waals surface area (Å²) in [4.78, 5) is 0. The highest BCUT2D eigenvalue weighted by Gasteiger charge is 2.04. The van der Waals surface area contributed by atoms with Crippen molar-refractivity contribution in [1.82, 2.24) is 0 Å². The molecule has 2 rings (SSSR count). The van der Waals surface area contributed by atoms with E-state index in [4.69, 9.17) is 11.6 Å². The number of aryl methyl sites for hydroxylation is 2. The van der Waals surface area contributed by atoms with Crippen LogP contribution in [0.1, 0.15) is 23.6 Å². The fraction of sp³-hybridized carbons (Fsp3) is 0.250. The number of hydrogen-bond acceptors (Lipinski definition) is 0. The Bertz CT molecular complexity index is 474. The van der Waals surface area contributed by atoms with Crippen LogP contribution in [0.25, 0.3) is 0 Å². The summed E-state index contributed by atoms with van der Waals surface area (Å²) in [5.74, 6) is 0. The van der Waals surface area contributed by atoms with Gasteiger partial charge in [0.1, 0.15) is 0 Å². The third-order valence-electron chi connectivity index (χ3n) is 3.10. The van der Waals surface area contributed by atoms with Crippen molar-refractivity contribution in [3.63, 3.8) is 0 Å². The van der Waals surface area contributed by atoms with Gasteiger partial charge in [-0.1, -0.05) is 61.0 Å². The van der Waals surface area contributed by atoms with Crippen molar-refractivity contribution in [3.8, 4) is 0 Å². The second kappa shape index (κ2) is 5.88. The molecule has 17 heavy (non-hydrogen) atoms. The van der Waals surface area contributed by atoms with E-state index in [1.807, 2.05) is 12.1 Å². The van der Waals surface area contributed by atoms with Gasteiger partial charge in [-0.2, -0.15) is 0 Å². The van der Waals surface area contributed by atoms with Crippen LogP contribution >= 0.6 is 11.6 Å². The average Bonchev–Trinajstić information content (AvgIpc) is 2.37. The van der Waals surface area contributed by atoms with E-state index in [9.17, 15) is 0 Å². The second-order valence-corrected chi connectivity index (χ2v) is 4.62. The molecule has 88 valence electrons. The first-order valence-electron chi connectivity index (χ1n) is 6.11. The summed E-state index contributed by atoms with van der Waals surface area (Å²) < 4.78 is 0. The van der Waals surface area contributed by atoms with Crippen LogP contribution in [-0.2, 0) is 19.3 Å². The van der Waals surface area contributed by atoms with Crippen LogP contribution in [0, 0.1) is 0 Å². The predicted molar refractivity (Wildman–Crippen MR) is 74.7 cm³/mol. The van der Waals surface area contributed by atoms with Crippen molar-refractivity contribution >= 4 is 11.6 Å². The molecule has 0 atom stereocenters. The SMILES string of the molecule is CCc1c(Cl)cccc1CCc1ccccc1. The lowest BCUT2D eigenvalue weighted by Gasteiger charge is -2.09.